The number of amides is 2. The topological polar surface area (TPSA) is 145 Å². The Morgan fingerprint density at radius 1 is 1.14 bits per heavy atom. The van der Waals surface area contributed by atoms with E-state index in [-0.39, 0.29) is 30.5 Å². The quantitative estimate of drug-likeness (QED) is 0.325. The number of nitrogens with one attached hydrogen (secondary N) is 1. The highest BCUT2D eigenvalue weighted by molar-refractivity contribution is 6.00. The Balaban J connectivity index is 1.48. The van der Waals surface area contributed by atoms with Gasteiger partial charge in [0.05, 0.1) is 28.7 Å². The summed E-state index contributed by atoms with van der Waals surface area (Å²) in [4.78, 5) is 60.5. The zero-order valence-corrected chi connectivity index (χ0v) is 19.3. The van der Waals surface area contributed by atoms with Gasteiger partial charge in [0, 0.05) is 30.8 Å². The number of hydrogen-bond acceptors (Lipinski definition) is 8. The van der Waals surface area contributed by atoms with Gasteiger partial charge in [0.2, 0.25) is 5.91 Å². The second-order valence-corrected chi connectivity index (χ2v) is 8.41. The van der Waals surface area contributed by atoms with Crippen molar-refractivity contribution in [1.29, 1.82) is 0 Å². The molecule has 1 aliphatic rings. The summed E-state index contributed by atoms with van der Waals surface area (Å²) in [5.74, 6) is -2.73. The summed E-state index contributed by atoms with van der Waals surface area (Å²) in [6.45, 7) is 3.60. The highest BCUT2D eigenvalue weighted by Gasteiger charge is 2.36. The Kier molecular flexibility index (Phi) is 8.13. The van der Waals surface area contributed by atoms with Crippen molar-refractivity contribution in [2.75, 3.05) is 30.0 Å². The monoisotopic (exact) mass is 483 g/mol. The third-order valence-corrected chi connectivity index (χ3v) is 5.11. The van der Waals surface area contributed by atoms with Crippen LogP contribution in [0.15, 0.2) is 48.5 Å². The maximum Gasteiger partial charge on any atom is 0.338 e. The number of nitro benzene ring substituents is 1. The molecule has 2 aromatic carbocycles. The van der Waals surface area contributed by atoms with Gasteiger partial charge in [-0.25, -0.2) is 4.79 Å². The molecule has 2 aromatic rings. The van der Waals surface area contributed by atoms with Gasteiger partial charge >= 0.3 is 11.9 Å². The van der Waals surface area contributed by atoms with Gasteiger partial charge in [0.1, 0.15) is 0 Å². The Morgan fingerprint density at radius 2 is 1.86 bits per heavy atom. The first kappa shape index (κ1) is 25.3. The van der Waals surface area contributed by atoms with Gasteiger partial charge in [-0.1, -0.05) is 19.9 Å². The van der Waals surface area contributed by atoms with Crippen molar-refractivity contribution in [2.45, 2.75) is 20.3 Å². The minimum atomic E-state index is -0.800. The molecule has 1 atom stereocenters. The molecule has 0 unspecified atom stereocenters. The average Bonchev–Trinajstić information content (AvgIpc) is 3.23. The number of nitrogens with zero attached hydrogens (tertiary/aromatic N) is 2. The number of benzene rings is 2. The van der Waals surface area contributed by atoms with Crippen LogP contribution in [0.1, 0.15) is 30.6 Å². The van der Waals surface area contributed by atoms with Gasteiger partial charge in [-0.2, -0.15) is 0 Å². The van der Waals surface area contributed by atoms with E-state index in [2.05, 4.69) is 5.32 Å². The van der Waals surface area contributed by atoms with Crippen LogP contribution in [-0.4, -0.2) is 48.4 Å². The number of carbonyl (C=O) groups excluding carboxylic acids is 4. The number of carbonyl (C=O) groups is 4. The van der Waals surface area contributed by atoms with Crippen LogP contribution in [0.2, 0.25) is 0 Å². The Bertz CT molecular complexity index is 1130. The normalized spacial score (nSPS) is 15.1. The Hall–Kier alpha value is -4.28. The maximum atomic E-state index is 12.4. The minimum Gasteiger partial charge on any atom is -0.462 e. The van der Waals surface area contributed by atoms with E-state index in [9.17, 15) is 29.3 Å². The lowest BCUT2D eigenvalue weighted by Crippen LogP contribution is -2.28. The van der Waals surface area contributed by atoms with E-state index in [0.29, 0.717) is 23.5 Å². The fourth-order valence-corrected chi connectivity index (χ4v) is 3.36. The molecule has 1 heterocycles. The number of esters is 2. The van der Waals surface area contributed by atoms with Gasteiger partial charge in [-0.05, 0) is 36.2 Å². The SMILES string of the molecule is CC(C)COC(=O)c1ccc(NC(=O)COC(=O)[C@@H]2CC(=O)N(c3cccc([N+](=O)[O-])c3)C2)cc1. The molecular weight excluding hydrogens is 458 g/mol. The zero-order valence-electron chi connectivity index (χ0n) is 19.3. The average molecular weight is 483 g/mol. The van der Waals surface area contributed by atoms with Crippen LogP contribution in [0.5, 0.6) is 0 Å². The first-order valence-corrected chi connectivity index (χ1v) is 10.9. The van der Waals surface area contributed by atoms with Crippen molar-refractivity contribution in [3.8, 4) is 0 Å². The van der Waals surface area contributed by atoms with Crippen LogP contribution in [0, 0.1) is 22.0 Å². The Morgan fingerprint density at radius 3 is 2.51 bits per heavy atom. The van der Waals surface area contributed by atoms with Crippen LogP contribution in [0.25, 0.3) is 0 Å². The molecule has 0 aromatic heterocycles. The number of non-ortho nitro benzene ring substituents is 1. The fraction of sp³-hybridized carbons (Fsp3) is 0.333. The molecule has 1 fully saturated rings. The van der Waals surface area contributed by atoms with E-state index in [1.807, 2.05) is 13.8 Å². The molecular formula is C24H25N3O8. The first-order chi connectivity index (χ1) is 16.6. The highest BCUT2D eigenvalue weighted by Crippen LogP contribution is 2.28. The smallest absolute Gasteiger partial charge is 0.338 e. The van der Waals surface area contributed by atoms with Gasteiger partial charge in [-0.15, -0.1) is 0 Å². The van der Waals surface area contributed by atoms with Gasteiger partial charge in [-0.3, -0.25) is 24.5 Å². The molecule has 3 rings (SSSR count). The van der Waals surface area contributed by atoms with Crippen molar-refractivity contribution in [3.63, 3.8) is 0 Å². The number of anilines is 2. The lowest BCUT2D eigenvalue weighted by Gasteiger charge is -2.16. The molecule has 1 aliphatic heterocycles. The summed E-state index contributed by atoms with van der Waals surface area (Å²) >= 11 is 0. The summed E-state index contributed by atoms with van der Waals surface area (Å²) in [5, 5.41) is 13.5. The Labute approximate surface area is 201 Å². The molecule has 11 heteroatoms. The number of nitro groups is 1. The highest BCUT2D eigenvalue weighted by atomic mass is 16.6. The molecule has 2 amide bonds. The van der Waals surface area contributed by atoms with Crippen LogP contribution in [0.4, 0.5) is 17.1 Å². The predicted octanol–water partition coefficient (Wildman–Crippen LogP) is 2.94. The fourth-order valence-electron chi connectivity index (χ4n) is 3.36. The van der Waals surface area contributed by atoms with E-state index in [4.69, 9.17) is 9.47 Å². The first-order valence-electron chi connectivity index (χ1n) is 10.9. The third kappa shape index (κ3) is 6.85. The van der Waals surface area contributed by atoms with Gasteiger partial charge in [0.15, 0.2) is 6.61 Å². The summed E-state index contributed by atoms with van der Waals surface area (Å²) < 4.78 is 10.2. The molecule has 35 heavy (non-hydrogen) atoms. The minimum absolute atomic E-state index is 0.00513. The van der Waals surface area contributed by atoms with E-state index < -0.39 is 35.3 Å². The van der Waals surface area contributed by atoms with E-state index in [1.165, 1.54) is 47.4 Å². The molecule has 184 valence electrons. The summed E-state index contributed by atoms with van der Waals surface area (Å²) in [7, 11) is 0. The molecule has 0 bridgehead atoms. The summed E-state index contributed by atoms with van der Waals surface area (Å²) in [6.07, 6.45) is -0.127. The summed E-state index contributed by atoms with van der Waals surface area (Å²) in [6, 6.07) is 11.6. The molecule has 1 N–H and O–H groups in total. The van der Waals surface area contributed by atoms with Crippen molar-refractivity contribution in [2.24, 2.45) is 11.8 Å². The van der Waals surface area contributed by atoms with Crippen molar-refractivity contribution in [3.05, 3.63) is 64.2 Å². The molecule has 1 saturated heterocycles. The van der Waals surface area contributed by atoms with Crippen molar-refractivity contribution in [1.82, 2.24) is 0 Å². The van der Waals surface area contributed by atoms with Crippen LogP contribution < -0.4 is 10.2 Å². The van der Waals surface area contributed by atoms with Crippen molar-refractivity contribution < 1.29 is 33.6 Å². The maximum absolute atomic E-state index is 12.4. The molecule has 0 spiro atoms. The number of ether oxygens (including phenoxy) is 2. The second-order valence-electron chi connectivity index (χ2n) is 8.41. The molecule has 11 nitrogen and oxygen atoms in total. The lowest BCUT2D eigenvalue weighted by atomic mass is 10.1. The van der Waals surface area contributed by atoms with Crippen LogP contribution in [-0.2, 0) is 23.9 Å². The van der Waals surface area contributed by atoms with Crippen molar-refractivity contribution >= 4 is 40.8 Å². The van der Waals surface area contributed by atoms with E-state index in [1.54, 1.807) is 6.07 Å². The molecule has 0 aliphatic carbocycles. The zero-order chi connectivity index (χ0) is 25.5. The van der Waals surface area contributed by atoms with Crippen LogP contribution >= 0.6 is 0 Å². The van der Waals surface area contributed by atoms with Gasteiger partial charge < -0.3 is 19.7 Å². The number of hydrogen-bond donors (Lipinski definition) is 1. The second kappa shape index (κ2) is 11.2. The van der Waals surface area contributed by atoms with E-state index in [0.717, 1.165) is 0 Å². The number of rotatable bonds is 9. The van der Waals surface area contributed by atoms with E-state index >= 15 is 0 Å². The van der Waals surface area contributed by atoms with Gasteiger partial charge in [0.25, 0.3) is 11.6 Å². The van der Waals surface area contributed by atoms with Crippen LogP contribution in [0.3, 0.4) is 0 Å². The largest absolute Gasteiger partial charge is 0.462 e. The standard InChI is InChI=1S/C24H25N3O8/c1-15(2)13-34-23(30)16-6-8-18(9-7-16)25-21(28)14-35-24(31)17-10-22(29)26(12-17)19-4-3-5-20(11-19)27(32)33/h3-9,11,15,17H,10,12-14H2,1-2H3,(H,25,28)/t17-/m1/s1. The summed E-state index contributed by atoms with van der Waals surface area (Å²) in [5.41, 5.74) is 0.890. The molecule has 0 radical (unpaired) electrons. The third-order valence-electron chi connectivity index (χ3n) is 5.11. The predicted molar refractivity (Wildman–Crippen MR) is 125 cm³/mol. The molecule has 0 saturated carbocycles. The lowest BCUT2D eigenvalue weighted by molar-refractivity contribution is -0.384.